The lowest BCUT2D eigenvalue weighted by atomic mass is 9.77. The van der Waals surface area contributed by atoms with Gasteiger partial charge in [-0.2, -0.15) is 5.10 Å². The first-order valence-electron chi connectivity index (χ1n) is 10.1. The van der Waals surface area contributed by atoms with Crippen LogP contribution >= 0.6 is 0 Å². The number of aliphatic hydroxyl groups is 1. The predicted molar refractivity (Wildman–Crippen MR) is 106 cm³/mol. The summed E-state index contributed by atoms with van der Waals surface area (Å²) in [5, 5.41) is 15.0. The largest absolute Gasteiger partial charge is 0.497 e. The maximum atomic E-state index is 10.6. The van der Waals surface area contributed by atoms with Gasteiger partial charge in [-0.15, -0.1) is 0 Å². The molecule has 3 heterocycles. The topological polar surface area (TPSA) is 59.8 Å². The molecule has 28 heavy (non-hydrogen) atoms. The quantitative estimate of drug-likeness (QED) is 0.882. The van der Waals surface area contributed by atoms with E-state index < -0.39 is 0 Å². The first-order valence-corrected chi connectivity index (χ1v) is 10.1. The van der Waals surface area contributed by atoms with E-state index in [1.54, 1.807) is 13.3 Å². The molecule has 2 fully saturated rings. The standard InChI is InChI=1S/C22H27N3O3/c1-27-19-3-4-22-16(8-19)7-15(14-28-22)11-24-12-17-9-20(25-6-2-5-23-25)21(26)10-18(17)13-24/h2-8,17-18,20-21,26H,9-14H2,1H3/t17-,18+,20-,21-/m1/s1. The minimum Gasteiger partial charge on any atom is -0.497 e. The third-order valence-electron chi connectivity index (χ3n) is 6.47. The molecule has 1 aromatic heterocycles. The fourth-order valence-corrected chi connectivity index (χ4v) is 5.10. The second-order valence-corrected chi connectivity index (χ2v) is 8.30. The van der Waals surface area contributed by atoms with Crippen LogP contribution in [0.3, 0.4) is 0 Å². The van der Waals surface area contributed by atoms with E-state index in [-0.39, 0.29) is 12.1 Å². The summed E-state index contributed by atoms with van der Waals surface area (Å²) in [5.41, 5.74) is 2.38. The molecule has 1 saturated heterocycles. The van der Waals surface area contributed by atoms with Crippen LogP contribution in [0.4, 0.5) is 0 Å². The zero-order valence-electron chi connectivity index (χ0n) is 16.2. The Kier molecular flexibility index (Phi) is 4.61. The van der Waals surface area contributed by atoms with Crippen molar-refractivity contribution in [3.63, 3.8) is 0 Å². The van der Waals surface area contributed by atoms with Gasteiger partial charge >= 0.3 is 0 Å². The molecule has 6 heteroatoms. The molecule has 148 valence electrons. The van der Waals surface area contributed by atoms with Crippen LogP contribution in [0.5, 0.6) is 11.5 Å². The zero-order chi connectivity index (χ0) is 19.1. The van der Waals surface area contributed by atoms with Crippen LogP contribution < -0.4 is 9.47 Å². The van der Waals surface area contributed by atoms with Crippen LogP contribution in [0.2, 0.25) is 0 Å². The number of methoxy groups -OCH3 is 1. The summed E-state index contributed by atoms with van der Waals surface area (Å²) in [6.45, 7) is 3.70. The maximum Gasteiger partial charge on any atom is 0.127 e. The lowest BCUT2D eigenvalue weighted by Gasteiger charge is -2.35. The number of aromatic nitrogens is 2. The number of hydrogen-bond donors (Lipinski definition) is 1. The Morgan fingerprint density at radius 2 is 2.11 bits per heavy atom. The number of benzene rings is 1. The van der Waals surface area contributed by atoms with Gasteiger partial charge < -0.3 is 14.6 Å². The van der Waals surface area contributed by atoms with E-state index in [2.05, 4.69) is 16.1 Å². The molecule has 0 bridgehead atoms. The van der Waals surface area contributed by atoms with Crippen molar-refractivity contribution in [2.24, 2.45) is 11.8 Å². The molecule has 3 aliphatic rings. The lowest BCUT2D eigenvalue weighted by molar-refractivity contribution is 0.0306. The van der Waals surface area contributed by atoms with E-state index in [1.165, 1.54) is 5.57 Å². The fourth-order valence-electron chi connectivity index (χ4n) is 5.10. The summed E-state index contributed by atoms with van der Waals surface area (Å²) in [5.74, 6) is 2.96. The van der Waals surface area contributed by atoms with E-state index >= 15 is 0 Å². The molecule has 5 rings (SSSR count). The first kappa shape index (κ1) is 17.8. The van der Waals surface area contributed by atoms with Crippen molar-refractivity contribution >= 4 is 6.08 Å². The Morgan fingerprint density at radius 3 is 2.89 bits per heavy atom. The van der Waals surface area contributed by atoms with Crippen molar-refractivity contribution in [3.8, 4) is 11.5 Å². The molecule has 2 aliphatic heterocycles. The number of aliphatic hydroxyl groups excluding tert-OH is 1. The molecule has 6 nitrogen and oxygen atoms in total. The predicted octanol–water partition coefficient (Wildman–Crippen LogP) is 2.61. The summed E-state index contributed by atoms with van der Waals surface area (Å²) >= 11 is 0. The minimum absolute atomic E-state index is 0.104. The molecule has 0 amide bonds. The number of fused-ring (bicyclic) bond motifs is 2. The van der Waals surface area contributed by atoms with Gasteiger partial charge in [0.15, 0.2) is 0 Å². The molecule has 0 radical (unpaired) electrons. The number of rotatable bonds is 4. The highest BCUT2D eigenvalue weighted by Crippen LogP contribution is 2.41. The number of likely N-dealkylation sites (tertiary alicyclic amines) is 1. The monoisotopic (exact) mass is 381 g/mol. The molecular weight excluding hydrogens is 354 g/mol. The van der Waals surface area contributed by atoms with Crippen LogP contribution in [0, 0.1) is 11.8 Å². The third kappa shape index (κ3) is 3.31. The Balaban J connectivity index is 1.26. The van der Waals surface area contributed by atoms with Crippen LogP contribution in [0.25, 0.3) is 6.08 Å². The van der Waals surface area contributed by atoms with Gasteiger partial charge in [-0.3, -0.25) is 9.58 Å². The molecule has 2 aromatic rings. The summed E-state index contributed by atoms with van der Waals surface area (Å²) in [6, 6.07) is 7.98. The second kappa shape index (κ2) is 7.26. The Bertz CT molecular complexity index is 864. The molecule has 0 unspecified atom stereocenters. The normalized spacial score (nSPS) is 29.6. The van der Waals surface area contributed by atoms with E-state index in [4.69, 9.17) is 9.47 Å². The van der Waals surface area contributed by atoms with Crippen molar-refractivity contribution in [3.05, 3.63) is 47.8 Å². The van der Waals surface area contributed by atoms with Gasteiger partial charge in [0, 0.05) is 37.6 Å². The average molecular weight is 381 g/mol. The van der Waals surface area contributed by atoms with Crippen LogP contribution in [-0.4, -0.2) is 59.2 Å². The fraction of sp³-hybridized carbons (Fsp3) is 0.500. The zero-order valence-corrected chi connectivity index (χ0v) is 16.2. The van der Waals surface area contributed by atoms with Crippen molar-refractivity contribution in [1.29, 1.82) is 0 Å². The first-order chi connectivity index (χ1) is 13.7. The van der Waals surface area contributed by atoms with Gasteiger partial charge in [0.05, 0.1) is 19.3 Å². The highest BCUT2D eigenvalue weighted by Gasteiger charge is 2.42. The van der Waals surface area contributed by atoms with Gasteiger partial charge in [0.2, 0.25) is 0 Å². The van der Waals surface area contributed by atoms with Crippen molar-refractivity contribution in [2.45, 2.75) is 25.0 Å². The third-order valence-corrected chi connectivity index (χ3v) is 6.47. The molecule has 0 spiro atoms. The SMILES string of the molecule is COc1ccc2c(c1)C=C(CN1C[C@H]3C[C@@H](n4cccn4)[C@H](O)C[C@H]3C1)CO2. The second-order valence-electron chi connectivity index (χ2n) is 8.30. The number of ether oxygens (including phenoxy) is 2. The van der Waals surface area contributed by atoms with Gasteiger partial charge in [0.25, 0.3) is 0 Å². The molecular formula is C22H27N3O3. The molecule has 4 atom stereocenters. The Labute approximate surface area is 165 Å². The van der Waals surface area contributed by atoms with Gasteiger partial charge in [-0.1, -0.05) is 0 Å². The molecule has 1 aliphatic carbocycles. The van der Waals surface area contributed by atoms with E-state index in [0.717, 1.165) is 49.5 Å². The number of nitrogens with zero attached hydrogens (tertiary/aromatic N) is 3. The van der Waals surface area contributed by atoms with Crippen LogP contribution in [-0.2, 0) is 0 Å². The maximum absolute atomic E-state index is 10.6. The summed E-state index contributed by atoms with van der Waals surface area (Å²) in [6.07, 6.45) is 7.56. The molecule has 1 aromatic carbocycles. The highest BCUT2D eigenvalue weighted by atomic mass is 16.5. The van der Waals surface area contributed by atoms with Gasteiger partial charge in [0.1, 0.15) is 18.1 Å². The van der Waals surface area contributed by atoms with Crippen molar-refractivity contribution in [1.82, 2.24) is 14.7 Å². The lowest BCUT2D eigenvalue weighted by Crippen LogP contribution is -2.36. The summed E-state index contributed by atoms with van der Waals surface area (Å²) < 4.78 is 13.2. The smallest absolute Gasteiger partial charge is 0.127 e. The van der Waals surface area contributed by atoms with E-state index in [9.17, 15) is 5.11 Å². The van der Waals surface area contributed by atoms with E-state index in [1.807, 2.05) is 35.1 Å². The average Bonchev–Trinajstić information content (AvgIpc) is 3.36. The Hall–Kier alpha value is -2.31. The summed E-state index contributed by atoms with van der Waals surface area (Å²) in [7, 11) is 1.69. The van der Waals surface area contributed by atoms with Gasteiger partial charge in [-0.05, 0) is 60.6 Å². The van der Waals surface area contributed by atoms with E-state index in [0.29, 0.717) is 18.4 Å². The van der Waals surface area contributed by atoms with Crippen LogP contribution in [0.15, 0.2) is 42.2 Å². The minimum atomic E-state index is -0.308. The molecule has 1 saturated carbocycles. The summed E-state index contributed by atoms with van der Waals surface area (Å²) in [4.78, 5) is 2.52. The van der Waals surface area contributed by atoms with Crippen molar-refractivity contribution in [2.75, 3.05) is 33.4 Å². The Morgan fingerprint density at radius 1 is 1.25 bits per heavy atom. The van der Waals surface area contributed by atoms with Crippen molar-refractivity contribution < 1.29 is 14.6 Å². The molecule has 1 N–H and O–H groups in total. The van der Waals surface area contributed by atoms with Crippen LogP contribution in [0.1, 0.15) is 24.4 Å². The van der Waals surface area contributed by atoms with Gasteiger partial charge in [-0.25, -0.2) is 0 Å². The number of hydrogen-bond acceptors (Lipinski definition) is 5. The highest BCUT2D eigenvalue weighted by molar-refractivity contribution is 5.64.